The molecule has 1 aromatic carbocycles. The van der Waals surface area contributed by atoms with Gasteiger partial charge in [0.25, 0.3) is 0 Å². The van der Waals surface area contributed by atoms with Crippen LogP contribution < -0.4 is 5.73 Å². The number of benzene rings is 1. The van der Waals surface area contributed by atoms with Crippen molar-refractivity contribution >= 4 is 43.5 Å². The molecule has 0 heterocycles. The van der Waals surface area contributed by atoms with Crippen molar-refractivity contribution in [2.45, 2.75) is 6.17 Å². The van der Waals surface area contributed by atoms with E-state index in [-0.39, 0.29) is 5.78 Å². The van der Waals surface area contributed by atoms with Gasteiger partial charge in [0, 0.05) is 5.56 Å². The third kappa shape index (κ3) is 9.85. The van der Waals surface area contributed by atoms with Gasteiger partial charge < -0.3 is 11.5 Å². The van der Waals surface area contributed by atoms with Gasteiger partial charge in [0.05, 0.1) is 0 Å². The summed E-state index contributed by atoms with van der Waals surface area (Å²) in [6.45, 7) is 0. The molecule has 0 aliphatic rings. The number of Topliss-reactive ketones (excluding diaryl/α,β-unsaturated/α-hetero) is 1. The van der Waals surface area contributed by atoms with Crippen LogP contribution in [-0.2, 0) is 11.9 Å². The topological polar surface area (TPSA) is 66.9 Å². The van der Waals surface area contributed by atoms with E-state index >= 15 is 0 Å². The Labute approximate surface area is 113 Å². The van der Waals surface area contributed by atoms with Crippen molar-refractivity contribution in [1.82, 2.24) is 0 Å². The van der Waals surface area contributed by atoms with Crippen LogP contribution in [0.25, 0.3) is 5.73 Å². The van der Waals surface area contributed by atoms with Crippen molar-refractivity contribution < 1.29 is 16.7 Å². The smallest absolute Gasteiger partial charge is 0.158 e. The van der Waals surface area contributed by atoms with Gasteiger partial charge in [-0.05, 0) is 6.17 Å². The number of hydrogen-bond donors (Lipinski definition) is 1. The monoisotopic (exact) mass is 484 g/mol. The average Bonchev–Trinajstić information content (AvgIpc) is 2.15. The first-order valence-corrected chi connectivity index (χ1v) is 15.0. The number of ketones is 1. The summed E-state index contributed by atoms with van der Waals surface area (Å²) in [5, 5.41) is 0. The van der Waals surface area contributed by atoms with Gasteiger partial charge in [-0.1, -0.05) is 30.3 Å². The van der Waals surface area contributed by atoms with Gasteiger partial charge in [-0.2, -0.15) is 0 Å². The Morgan fingerprint density at radius 3 is 1.88 bits per heavy atom. The Morgan fingerprint density at radius 1 is 1.19 bits per heavy atom. The van der Waals surface area contributed by atoms with Crippen molar-refractivity contribution in [2.75, 3.05) is 0 Å². The van der Waals surface area contributed by atoms with Gasteiger partial charge in [0.2, 0.25) is 0 Å². The second kappa shape index (κ2) is 7.88. The first-order valence-electron chi connectivity index (χ1n) is 3.75. The fraction of sp³-hybridized carbons (Fsp3) is 0.125. The fourth-order valence-corrected chi connectivity index (χ4v) is 0.782. The van der Waals surface area contributed by atoms with Crippen LogP contribution in [-0.4, -0.2) is 11.9 Å². The summed E-state index contributed by atoms with van der Waals surface area (Å²) in [6.07, 6.45) is -1.16. The van der Waals surface area contributed by atoms with E-state index in [2.05, 4.69) is 0 Å². The average molecular weight is 486 g/mol. The summed E-state index contributed by atoms with van der Waals surface area (Å²) in [5.74, 6) is -0.342. The summed E-state index contributed by atoms with van der Waals surface area (Å²) in [6, 6.07) is 8.60. The first kappa shape index (κ1) is 16.7. The summed E-state index contributed by atoms with van der Waals surface area (Å²) < 4.78 is 0. The Morgan fingerprint density at radius 2 is 1.56 bits per heavy atom. The number of hydrogen-bond acceptors (Lipinski definition) is 2. The fourth-order valence-electron chi connectivity index (χ4n) is 0.782. The van der Waals surface area contributed by atoms with Crippen molar-refractivity contribution in [2.24, 2.45) is 5.73 Å². The third-order valence-corrected chi connectivity index (χ3v) is 1.34. The Bertz CT molecular complexity index is 323. The molecule has 0 fully saturated rings. The van der Waals surface area contributed by atoms with Crippen molar-refractivity contribution in [3.8, 4) is 0 Å². The van der Waals surface area contributed by atoms with Gasteiger partial charge in [0.1, 0.15) is 0 Å². The third-order valence-electron chi connectivity index (χ3n) is 1.34. The minimum Gasteiger partial charge on any atom is -0.656 e. The molecular weight excluding hydrogens is 477 g/mol. The minimum atomic E-state index is -3.06. The number of carbonyl (C=O) groups excluding carboxylic acids is 1. The molecule has 1 unspecified atom stereocenters. The summed E-state index contributed by atoms with van der Waals surface area (Å²) in [7, 11) is 20.0. The molecule has 0 aliphatic heterocycles. The molecule has 0 aliphatic carbocycles. The van der Waals surface area contributed by atoms with Crippen LogP contribution in [0.5, 0.6) is 0 Å². The predicted octanol–water partition coefficient (Wildman–Crippen LogP) is 3.96. The van der Waals surface area contributed by atoms with E-state index in [1.54, 1.807) is 24.3 Å². The molecule has 0 radical (unpaired) electrons. The standard InChI is InChI=1S/C8H9N2O.4ClH.Pt/c9-8(10)7(11)6-4-2-1-3-5-6;;;;;/h1-5,8-9H,10H2;4*1H;/q-1;;;;;+4/p-4. The minimum absolute atomic E-state index is 0.342. The Balaban J connectivity index is 0.000000385. The van der Waals surface area contributed by atoms with Crippen LogP contribution in [0.15, 0.2) is 30.3 Å². The SMILES string of the molecule is [Cl][Pt]([Cl])([Cl])[Cl].[NH-]C(N)C(=O)c1ccccc1. The van der Waals surface area contributed by atoms with E-state index in [0.29, 0.717) is 5.56 Å². The Hall–Kier alpha value is 0.658. The number of halogens is 4. The van der Waals surface area contributed by atoms with E-state index in [9.17, 15) is 4.79 Å². The summed E-state index contributed by atoms with van der Waals surface area (Å²) in [5.41, 5.74) is 12.5. The maximum atomic E-state index is 11.0. The van der Waals surface area contributed by atoms with Crippen LogP contribution in [0.3, 0.4) is 0 Å². The van der Waals surface area contributed by atoms with E-state index < -0.39 is 18.1 Å². The molecule has 0 amide bonds. The molecule has 0 saturated heterocycles. The van der Waals surface area contributed by atoms with Gasteiger partial charge in [-0.25, -0.2) is 0 Å². The van der Waals surface area contributed by atoms with Crippen LogP contribution in [0.4, 0.5) is 0 Å². The van der Waals surface area contributed by atoms with Gasteiger partial charge in [-0.15, -0.1) is 0 Å². The second-order valence-electron chi connectivity index (χ2n) is 2.48. The first-order chi connectivity index (χ1) is 7.22. The van der Waals surface area contributed by atoms with Gasteiger partial charge in [-0.3, -0.25) is 4.79 Å². The molecule has 1 atom stereocenters. The van der Waals surface area contributed by atoms with Crippen LogP contribution in [0.2, 0.25) is 0 Å². The number of nitrogens with one attached hydrogen (secondary N) is 1. The van der Waals surface area contributed by atoms with Gasteiger partial charge in [0.15, 0.2) is 5.78 Å². The molecule has 0 aromatic heterocycles. The zero-order valence-electron chi connectivity index (χ0n) is 7.78. The van der Waals surface area contributed by atoms with Crippen LogP contribution in [0.1, 0.15) is 10.4 Å². The molecule has 1 aromatic rings. The zero-order chi connectivity index (χ0) is 12.8. The summed E-state index contributed by atoms with van der Waals surface area (Å²) in [4.78, 5) is 11.0. The number of nitrogens with two attached hydrogens (primary N) is 1. The van der Waals surface area contributed by atoms with Crippen molar-refractivity contribution in [3.05, 3.63) is 41.6 Å². The molecule has 0 saturated carbocycles. The number of carbonyl (C=O) groups is 1. The molecule has 96 valence electrons. The maximum absolute atomic E-state index is 11.0. The van der Waals surface area contributed by atoms with Gasteiger partial charge >= 0.3 is 49.6 Å². The quantitative estimate of drug-likeness (QED) is 0.644. The summed E-state index contributed by atoms with van der Waals surface area (Å²) >= 11 is -3.06. The van der Waals surface area contributed by atoms with E-state index in [1.807, 2.05) is 6.07 Å². The molecule has 3 nitrogen and oxygen atoms in total. The Kier molecular flexibility index (Phi) is 8.21. The zero-order valence-corrected chi connectivity index (χ0v) is 13.1. The molecular formula is C8H9Cl4N2OPt-. The normalized spacial score (nSPS) is 13.4. The van der Waals surface area contributed by atoms with Crippen LogP contribution in [0, 0.1) is 0 Å². The molecule has 0 spiro atoms. The predicted molar refractivity (Wildman–Crippen MR) is 66.5 cm³/mol. The largest absolute Gasteiger partial charge is 0.656 e. The van der Waals surface area contributed by atoms with E-state index in [4.69, 9.17) is 49.1 Å². The van der Waals surface area contributed by atoms with Crippen molar-refractivity contribution in [3.63, 3.8) is 0 Å². The number of rotatable bonds is 2. The van der Waals surface area contributed by atoms with Crippen LogP contribution >= 0.6 is 37.7 Å². The molecule has 8 heteroatoms. The molecule has 1 rings (SSSR count). The molecule has 0 bridgehead atoms. The second-order valence-corrected chi connectivity index (χ2v) is 22.2. The van der Waals surface area contributed by atoms with Crippen molar-refractivity contribution in [1.29, 1.82) is 0 Å². The maximum Gasteiger partial charge on any atom is 0.158 e. The van der Waals surface area contributed by atoms with E-state index in [1.165, 1.54) is 0 Å². The molecule has 16 heavy (non-hydrogen) atoms. The molecule has 3 N–H and O–H groups in total. The van der Waals surface area contributed by atoms with E-state index in [0.717, 1.165) is 0 Å².